The number of para-hydroxylation sites is 1. The van der Waals surface area contributed by atoms with Crippen molar-refractivity contribution in [3.63, 3.8) is 0 Å². The molecule has 0 aliphatic carbocycles. The molecule has 0 atom stereocenters. The predicted molar refractivity (Wildman–Crippen MR) is 233 cm³/mol. The quantitative estimate of drug-likeness (QED) is 0.171. The fourth-order valence-electron chi connectivity index (χ4n) is 7.98. The minimum absolute atomic E-state index is 0.841. The third-order valence-electron chi connectivity index (χ3n) is 10.7. The zero-order chi connectivity index (χ0) is 36.3. The largest absolute Gasteiger partial charge is 0.454 e. The molecule has 0 unspecified atom stereocenters. The van der Waals surface area contributed by atoms with Crippen LogP contribution in [0.25, 0.3) is 86.5 Å². The van der Waals surface area contributed by atoms with E-state index in [9.17, 15) is 0 Å². The summed E-state index contributed by atoms with van der Waals surface area (Å²) < 4.78 is 7.91. The second-order valence-electron chi connectivity index (χ2n) is 14.0. The number of fused-ring (bicyclic) bond motifs is 6. The first-order valence-corrected chi connectivity index (χ1v) is 19.3. The lowest BCUT2D eigenvalue weighted by Crippen LogP contribution is -2.10. The van der Waals surface area contributed by atoms with E-state index in [1.165, 1.54) is 38.2 Å². The van der Waals surface area contributed by atoms with Gasteiger partial charge in [-0.05, 0) is 86.3 Å². The van der Waals surface area contributed by atoms with Crippen molar-refractivity contribution < 1.29 is 4.42 Å². The topological polar surface area (TPSA) is 29.3 Å². The number of rotatable bonds is 6. The number of anilines is 3. The summed E-state index contributed by atoms with van der Waals surface area (Å²) >= 11 is 1.71. The lowest BCUT2D eigenvalue weighted by atomic mass is 9.98. The molecule has 0 saturated heterocycles. The summed E-state index contributed by atoms with van der Waals surface area (Å²) in [6.45, 7) is 0. The molecule has 2 heterocycles. The maximum Gasteiger partial charge on any atom is 0.161 e. The highest BCUT2D eigenvalue weighted by Crippen LogP contribution is 2.49. The molecule has 0 spiro atoms. The summed E-state index contributed by atoms with van der Waals surface area (Å²) in [5, 5.41) is 8.05. The molecular weight excluding hydrogens is 689 g/mol. The van der Waals surface area contributed by atoms with Crippen LogP contribution in [0.4, 0.5) is 17.1 Å². The van der Waals surface area contributed by atoms with Gasteiger partial charge < -0.3 is 9.32 Å². The molecule has 0 amide bonds. The zero-order valence-corrected chi connectivity index (χ0v) is 30.5. The number of aromatic nitrogens is 1. The van der Waals surface area contributed by atoms with E-state index >= 15 is 0 Å². The fourth-order valence-corrected chi connectivity index (χ4v) is 9.06. The van der Waals surface area contributed by atoms with Crippen LogP contribution in [0.3, 0.4) is 0 Å². The molecule has 0 N–H and O–H groups in total. The van der Waals surface area contributed by atoms with Crippen molar-refractivity contribution in [3.05, 3.63) is 194 Å². The van der Waals surface area contributed by atoms with Crippen LogP contribution in [0, 0.1) is 0 Å². The highest BCUT2D eigenvalue weighted by molar-refractivity contribution is 7.22. The molecule has 55 heavy (non-hydrogen) atoms. The van der Waals surface area contributed by atoms with Crippen LogP contribution >= 0.6 is 11.3 Å². The van der Waals surface area contributed by atoms with Gasteiger partial charge in [0.05, 0.1) is 10.2 Å². The fraction of sp³-hybridized carbons (Fsp3) is 0. The average Bonchev–Trinajstić information content (AvgIpc) is 3.86. The van der Waals surface area contributed by atoms with Crippen LogP contribution in [-0.2, 0) is 0 Å². The SMILES string of the molecule is c1ccc(-c2nc3cc4c(oc5ccccc54)c(N(c4ccc(-c5ccc6ccccc6c5)cc4)c4ccc(-c5cccc6ccccc56)cc4)c3s2)cc1. The second-order valence-corrected chi connectivity index (χ2v) is 15.0. The minimum atomic E-state index is 0.841. The molecule has 0 fully saturated rings. The molecule has 258 valence electrons. The van der Waals surface area contributed by atoms with Crippen molar-refractivity contribution in [2.75, 3.05) is 4.90 Å². The van der Waals surface area contributed by atoms with Gasteiger partial charge >= 0.3 is 0 Å². The van der Waals surface area contributed by atoms with Crippen molar-refractivity contribution in [1.29, 1.82) is 0 Å². The number of furan rings is 1. The Morgan fingerprint density at radius 3 is 1.87 bits per heavy atom. The van der Waals surface area contributed by atoms with Crippen LogP contribution in [0.2, 0.25) is 0 Å². The molecule has 0 aliphatic heterocycles. The van der Waals surface area contributed by atoms with Crippen molar-refractivity contribution in [3.8, 4) is 32.8 Å². The van der Waals surface area contributed by atoms with E-state index in [1.54, 1.807) is 11.3 Å². The molecule has 3 nitrogen and oxygen atoms in total. The summed E-state index contributed by atoms with van der Waals surface area (Å²) in [7, 11) is 0. The Morgan fingerprint density at radius 2 is 1.07 bits per heavy atom. The summed E-state index contributed by atoms with van der Waals surface area (Å²) in [6.07, 6.45) is 0. The van der Waals surface area contributed by atoms with Gasteiger partial charge in [-0.15, -0.1) is 11.3 Å². The Bertz CT molecular complexity index is 3190. The average molecular weight is 721 g/mol. The predicted octanol–water partition coefficient (Wildman–Crippen LogP) is 15.0. The Balaban J connectivity index is 1.14. The Labute approximate surface area is 322 Å². The second kappa shape index (κ2) is 12.8. The maximum atomic E-state index is 6.84. The first kappa shape index (κ1) is 31.5. The maximum absolute atomic E-state index is 6.84. The standard InChI is InChI=1S/C51H32N2OS/c1-2-13-37(14-3-1)51-52-46-32-45-44-18-8-9-20-47(44)54-49(45)48(50(46)55-51)53(40-27-23-34(24-28-40)39-22-21-33-11-4-5-15-38(33)31-39)41-29-25-36(26-30-41)43-19-10-16-35-12-6-7-17-42(35)43/h1-32H. The van der Waals surface area contributed by atoms with Gasteiger partial charge in [0.1, 0.15) is 16.3 Å². The van der Waals surface area contributed by atoms with Crippen LogP contribution in [0.1, 0.15) is 0 Å². The molecule has 11 rings (SSSR count). The zero-order valence-electron chi connectivity index (χ0n) is 29.7. The van der Waals surface area contributed by atoms with Gasteiger partial charge in [0, 0.05) is 27.7 Å². The molecule has 11 aromatic rings. The molecule has 0 bridgehead atoms. The third kappa shape index (κ3) is 5.38. The Morgan fingerprint density at radius 1 is 0.436 bits per heavy atom. The molecule has 2 aromatic heterocycles. The third-order valence-corrected chi connectivity index (χ3v) is 11.8. The van der Waals surface area contributed by atoms with E-state index in [0.717, 1.165) is 65.4 Å². The van der Waals surface area contributed by atoms with E-state index in [-0.39, 0.29) is 0 Å². The molecule has 0 aliphatic rings. The summed E-state index contributed by atoms with van der Waals surface area (Å²) in [5.41, 5.74) is 11.5. The van der Waals surface area contributed by atoms with Crippen molar-refractivity contribution in [2.45, 2.75) is 0 Å². The lowest BCUT2D eigenvalue weighted by Gasteiger charge is -2.26. The van der Waals surface area contributed by atoms with Gasteiger partial charge in [0.15, 0.2) is 5.58 Å². The van der Waals surface area contributed by atoms with E-state index in [0.29, 0.717) is 0 Å². The molecule has 0 saturated carbocycles. The smallest absolute Gasteiger partial charge is 0.161 e. The first-order valence-electron chi connectivity index (χ1n) is 18.5. The number of nitrogens with zero attached hydrogens (tertiary/aromatic N) is 2. The van der Waals surface area contributed by atoms with Crippen LogP contribution in [-0.4, -0.2) is 4.98 Å². The lowest BCUT2D eigenvalue weighted by molar-refractivity contribution is 0.669. The van der Waals surface area contributed by atoms with Crippen molar-refractivity contribution in [1.82, 2.24) is 4.98 Å². The molecule has 0 radical (unpaired) electrons. The highest BCUT2D eigenvalue weighted by Gasteiger charge is 2.25. The van der Waals surface area contributed by atoms with E-state index < -0.39 is 0 Å². The van der Waals surface area contributed by atoms with E-state index in [4.69, 9.17) is 9.40 Å². The minimum Gasteiger partial charge on any atom is -0.454 e. The van der Waals surface area contributed by atoms with Gasteiger partial charge in [0.25, 0.3) is 0 Å². The van der Waals surface area contributed by atoms with Gasteiger partial charge in [-0.2, -0.15) is 0 Å². The number of hydrogen-bond donors (Lipinski definition) is 0. The van der Waals surface area contributed by atoms with E-state index in [1.807, 2.05) is 12.1 Å². The monoisotopic (exact) mass is 720 g/mol. The number of hydrogen-bond acceptors (Lipinski definition) is 4. The number of benzene rings is 9. The normalized spacial score (nSPS) is 11.6. The summed E-state index contributed by atoms with van der Waals surface area (Å²) in [5.74, 6) is 0. The summed E-state index contributed by atoms with van der Waals surface area (Å²) in [6, 6.07) is 69.2. The van der Waals surface area contributed by atoms with Crippen LogP contribution in [0.5, 0.6) is 0 Å². The molecular formula is C51H32N2OS. The van der Waals surface area contributed by atoms with E-state index in [2.05, 4.69) is 187 Å². The molecule has 9 aromatic carbocycles. The van der Waals surface area contributed by atoms with Crippen molar-refractivity contribution in [2.24, 2.45) is 0 Å². The van der Waals surface area contributed by atoms with Gasteiger partial charge in [-0.25, -0.2) is 4.98 Å². The number of thiazole rings is 1. The van der Waals surface area contributed by atoms with Crippen LogP contribution < -0.4 is 4.90 Å². The summed E-state index contributed by atoms with van der Waals surface area (Å²) in [4.78, 5) is 7.62. The first-order chi connectivity index (χ1) is 27.2. The van der Waals surface area contributed by atoms with Gasteiger partial charge in [-0.3, -0.25) is 0 Å². The van der Waals surface area contributed by atoms with Gasteiger partial charge in [0.2, 0.25) is 0 Å². The van der Waals surface area contributed by atoms with Gasteiger partial charge in [-0.1, -0.05) is 152 Å². The highest BCUT2D eigenvalue weighted by atomic mass is 32.1. The van der Waals surface area contributed by atoms with Crippen molar-refractivity contribution >= 4 is 82.1 Å². The molecule has 4 heteroatoms. The Hall–Kier alpha value is -7.01. The Kier molecular flexibility index (Phi) is 7.35. The van der Waals surface area contributed by atoms with Crippen LogP contribution in [0.15, 0.2) is 199 Å².